The second-order valence-corrected chi connectivity index (χ2v) is 9.27. The molecule has 0 aliphatic carbocycles. The second-order valence-electron chi connectivity index (χ2n) is 5.18. The predicted molar refractivity (Wildman–Crippen MR) is 130 cm³/mol. The molecule has 0 saturated carbocycles. The van der Waals surface area contributed by atoms with Gasteiger partial charge < -0.3 is 15.3 Å². The highest BCUT2D eigenvalue weighted by Gasteiger charge is 2.16. The summed E-state index contributed by atoms with van der Waals surface area (Å²) < 4.78 is -1.28. The summed E-state index contributed by atoms with van der Waals surface area (Å²) >= 11 is 36.9. The van der Waals surface area contributed by atoms with Crippen molar-refractivity contribution >= 4 is 81.2 Å². The van der Waals surface area contributed by atoms with Gasteiger partial charge in [0, 0.05) is 15.1 Å². The van der Waals surface area contributed by atoms with E-state index in [0.717, 1.165) is 0 Å². The molecule has 0 amide bonds. The van der Waals surface area contributed by atoms with E-state index in [-0.39, 0.29) is 23.1 Å². The summed E-state index contributed by atoms with van der Waals surface area (Å²) in [6, 6.07) is 19.1. The standard InChI is InChI=1S/3C6H5ClO.C2H2Cl4/c3*7-5-1-3-6(8)4-2-5;3-1-2(4,5)6/h3*1-4,8H;1H2. The molecule has 3 rings (SSSR count). The van der Waals surface area contributed by atoms with Crippen molar-refractivity contribution in [3.63, 3.8) is 0 Å². The molecule has 0 heterocycles. The van der Waals surface area contributed by atoms with Gasteiger partial charge in [-0.3, -0.25) is 0 Å². The molecule has 0 fully saturated rings. The first kappa shape index (κ1) is 29.1. The minimum Gasteiger partial charge on any atom is -0.508 e. The zero-order valence-corrected chi connectivity index (χ0v) is 20.4. The Morgan fingerprint density at radius 2 is 0.667 bits per heavy atom. The molecule has 0 saturated heterocycles. The minimum atomic E-state index is -1.28. The van der Waals surface area contributed by atoms with Crippen LogP contribution in [0.4, 0.5) is 0 Å². The summed E-state index contributed by atoms with van der Waals surface area (Å²) in [6.07, 6.45) is 0. The van der Waals surface area contributed by atoms with Gasteiger partial charge in [0.1, 0.15) is 17.2 Å². The number of benzene rings is 3. The first-order valence-corrected chi connectivity index (χ1v) is 10.7. The van der Waals surface area contributed by atoms with Gasteiger partial charge in [0.25, 0.3) is 0 Å². The molecule has 0 aromatic heterocycles. The van der Waals surface area contributed by atoms with Crippen molar-refractivity contribution < 1.29 is 15.3 Å². The van der Waals surface area contributed by atoms with Gasteiger partial charge in [-0.25, -0.2) is 0 Å². The third-order valence-corrected chi connectivity index (χ3v) is 4.60. The van der Waals surface area contributed by atoms with Gasteiger partial charge in [-0.2, -0.15) is 0 Å². The Labute approximate surface area is 210 Å². The molecule has 0 atom stereocenters. The van der Waals surface area contributed by atoms with Gasteiger partial charge in [-0.15, -0.1) is 11.6 Å². The Morgan fingerprint density at radius 3 is 0.767 bits per heavy atom. The average molecular weight is 554 g/mol. The molecule has 30 heavy (non-hydrogen) atoms. The maximum absolute atomic E-state index is 8.70. The number of hydrogen-bond donors (Lipinski definition) is 3. The van der Waals surface area contributed by atoms with Crippen molar-refractivity contribution in [3.05, 3.63) is 87.9 Å². The first-order valence-electron chi connectivity index (χ1n) is 7.89. The van der Waals surface area contributed by atoms with Gasteiger partial charge in [-0.05, 0) is 72.8 Å². The number of rotatable bonds is 0. The Balaban J connectivity index is 0.000000377. The van der Waals surface area contributed by atoms with E-state index in [1.54, 1.807) is 72.8 Å². The number of phenolic OH excluding ortho intramolecular Hbond substituents is 3. The third-order valence-electron chi connectivity index (χ3n) is 2.63. The maximum Gasteiger partial charge on any atom is 0.203 e. The fourth-order valence-electron chi connectivity index (χ4n) is 1.32. The molecule has 0 spiro atoms. The summed E-state index contributed by atoms with van der Waals surface area (Å²) in [5.74, 6) is 0.774. The van der Waals surface area contributed by atoms with Crippen LogP contribution in [0, 0.1) is 0 Å². The van der Waals surface area contributed by atoms with E-state index in [4.69, 9.17) is 96.5 Å². The van der Waals surface area contributed by atoms with E-state index in [0.29, 0.717) is 15.1 Å². The Morgan fingerprint density at radius 1 is 0.500 bits per heavy atom. The summed E-state index contributed by atoms with van der Waals surface area (Å²) in [4.78, 5) is 0. The van der Waals surface area contributed by atoms with Gasteiger partial charge in [-0.1, -0.05) is 69.6 Å². The van der Waals surface area contributed by atoms with Crippen LogP contribution in [0.2, 0.25) is 15.1 Å². The van der Waals surface area contributed by atoms with Crippen molar-refractivity contribution in [2.24, 2.45) is 0 Å². The van der Waals surface area contributed by atoms with Gasteiger partial charge in [0.2, 0.25) is 3.79 Å². The molecule has 3 aromatic rings. The number of phenols is 3. The first-order chi connectivity index (χ1) is 13.9. The second kappa shape index (κ2) is 15.8. The molecule has 164 valence electrons. The zero-order valence-electron chi connectivity index (χ0n) is 15.1. The fourth-order valence-corrected chi connectivity index (χ4v) is 1.70. The monoisotopic (exact) mass is 550 g/mol. The van der Waals surface area contributed by atoms with Crippen LogP contribution in [-0.4, -0.2) is 25.0 Å². The Bertz CT molecular complexity index is 653. The normalized spacial score (nSPS) is 9.70. The number of alkyl halides is 4. The van der Waals surface area contributed by atoms with Gasteiger partial charge in [0.15, 0.2) is 0 Å². The van der Waals surface area contributed by atoms with Crippen molar-refractivity contribution in [3.8, 4) is 17.2 Å². The van der Waals surface area contributed by atoms with Crippen LogP contribution >= 0.6 is 81.2 Å². The van der Waals surface area contributed by atoms with Crippen molar-refractivity contribution in [1.82, 2.24) is 0 Å². The van der Waals surface area contributed by atoms with Crippen molar-refractivity contribution in [1.29, 1.82) is 0 Å². The predicted octanol–water partition coefficient (Wildman–Crippen LogP) is 8.73. The highest BCUT2D eigenvalue weighted by atomic mass is 35.6. The van der Waals surface area contributed by atoms with Crippen LogP contribution in [0.5, 0.6) is 17.2 Å². The fraction of sp³-hybridized carbons (Fsp3) is 0.100. The van der Waals surface area contributed by atoms with Crippen LogP contribution in [-0.2, 0) is 0 Å². The largest absolute Gasteiger partial charge is 0.508 e. The molecule has 0 aliphatic rings. The average Bonchev–Trinajstić information content (AvgIpc) is 2.70. The molecule has 0 aliphatic heterocycles. The molecule has 10 heteroatoms. The lowest BCUT2D eigenvalue weighted by Gasteiger charge is -2.00. The van der Waals surface area contributed by atoms with Crippen LogP contribution in [0.25, 0.3) is 0 Å². The van der Waals surface area contributed by atoms with E-state index in [2.05, 4.69) is 0 Å². The summed E-state index contributed by atoms with van der Waals surface area (Å²) in [6.45, 7) is 0. The molecule has 0 radical (unpaired) electrons. The Hall–Kier alpha value is -0.910. The van der Waals surface area contributed by atoms with Gasteiger partial charge >= 0.3 is 0 Å². The number of aromatic hydroxyl groups is 3. The molecule has 3 N–H and O–H groups in total. The summed E-state index contributed by atoms with van der Waals surface area (Å²) in [5.41, 5.74) is 0. The number of halogens is 7. The highest BCUT2D eigenvalue weighted by Crippen LogP contribution is 2.26. The lowest BCUT2D eigenvalue weighted by Crippen LogP contribution is -2.01. The SMILES string of the molecule is ClCC(Cl)(Cl)Cl.Oc1ccc(Cl)cc1.Oc1ccc(Cl)cc1.Oc1ccc(Cl)cc1. The van der Waals surface area contributed by atoms with E-state index < -0.39 is 3.79 Å². The number of hydrogen-bond acceptors (Lipinski definition) is 3. The van der Waals surface area contributed by atoms with Crippen molar-refractivity contribution in [2.45, 2.75) is 3.79 Å². The van der Waals surface area contributed by atoms with E-state index in [9.17, 15) is 0 Å². The molecular weight excluding hydrogens is 536 g/mol. The van der Waals surface area contributed by atoms with Crippen LogP contribution in [0.1, 0.15) is 0 Å². The minimum absolute atomic E-state index is 0.0394. The lowest BCUT2D eigenvalue weighted by atomic mass is 10.3. The molecular formula is C20H17Cl7O3. The molecule has 0 bridgehead atoms. The van der Waals surface area contributed by atoms with E-state index in [1.165, 1.54) is 0 Å². The van der Waals surface area contributed by atoms with Crippen molar-refractivity contribution in [2.75, 3.05) is 5.88 Å². The molecule has 3 nitrogen and oxygen atoms in total. The van der Waals surface area contributed by atoms with Crippen LogP contribution in [0.15, 0.2) is 72.8 Å². The molecule has 0 unspecified atom stereocenters. The summed E-state index contributed by atoms with van der Waals surface area (Å²) in [5, 5.41) is 28.0. The van der Waals surface area contributed by atoms with E-state index >= 15 is 0 Å². The van der Waals surface area contributed by atoms with Crippen LogP contribution < -0.4 is 0 Å². The zero-order chi connectivity index (χ0) is 23.2. The Kier molecular flexibility index (Phi) is 15.3. The third kappa shape index (κ3) is 17.9. The van der Waals surface area contributed by atoms with Gasteiger partial charge in [0.05, 0.1) is 5.88 Å². The molecule has 3 aromatic carbocycles. The topological polar surface area (TPSA) is 60.7 Å². The lowest BCUT2D eigenvalue weighted by molar-refractivity contribution is 0.475. The van der Waals surface area contributed by atoms with Crippen LogP contribution in [0.3, 0.4) is 0 Å². The maximum atomic E-state index is 8.70. The van der Waals surface area contributed by atoms with E-state index in [1.807, 2.05) is 0 Å². The summed E-state index contributed by atoms with van der Waals surface area (Å²) in [7, 11) is 0. The quantitative estimate of drug-likeness (QED) is 0.244. The highest BCUT2D eigenvalue weighted by molar-refractivity contribution is 6.69. The smallest absolute Gasteiger partial charge is 0.203 e.